The third kappa shape index (κ3) is 7.49. The van der Waals surface area contributed by atoms with Crippen LogP contribution in [0.25, 0.3) is 33.4 Å². The van der Waals surface area contributed by atoms with E-state index in [0.717, 1.165) is 39.0 Å². The minimum absolute atomic E-state index is 0.342. The summed E-state index contributed by atoms with van der Waals surface area (Å²) in [5.41, 5.74) is 7.66. The van der Waals surface area contributed by atoms with Crippen molar-refractivity contribution in [3.8, 4) is 50.6 Å². The van der Waals surface area contributed by atoms with Crippen LogP contribution in [0.3, 0.4) is 0 Å². The van der Waals surface area contributed by atoms with E-state index in [4.69, 9.17) is 14.2 Å². The fourth-order valence-corrected chi connectivity index (χ4v) is 3.88. The first-order chi connectivity index (χ1) is 19.6. The fraction of sp³-hybridized carbons (Fsp3) is 0.111. The van der Waals surface area contributed by atoms with Crippen molar-refractivity contribution in [1.82, 2.24) is 0 Å². The van der Waals surface area contributed by atoms with Gasteiger partial charge >= 0.3 is 11.9 Å². The number of carbonyl (C=O) groups excluding carboxylic acids is 2. The summed E-state index contributed by atoms with van der Waals surface area (Å²) < 4.78 is 16.7. The minimum atomic E-state index is -0.457. The van der Waals surface area contributed by atoms with Crippen molar-refractivity contribution in [3.63, 3.8) is 0 Å². The number of esters is 2. The lowest BCUT2D eigenvalue weighted by Crippen LogP contribution is -2.07. The molecule has 0 aliphatic carbocycles. The molecule has 0 saturated carbocycles. The maximum atomic E-state index is 11.8. The van der Waals surface area contributed by atoms with Gasteiger partial charge in [0.2, 0.25) is 0 Å². The number of hydrogen-bond donors (Lipinski definition) is 0. The number of allylic oxidation sites excluding steroid dienone is 1. The van der Waals surface area contributed by atoms with Crippen LogP contribution in [0.2, 0.25) is 0 Å². The van der Waals surface area contributed by atoms with Crippen molar-refractivity contribution < 1.29 is 23.8 Å². The number of hydrogen-bond acceptors (Lipinski definition) is 5. The number of benzene rings is 4. The van der Waals surface area contributed by atoms with Gasteiger partial charge in [0.15, 0.2) is 0 Å². The predicted molar refractivity (Wildman–Crippen MR) is 164 cm³/mol. The lowest BCUT2D eigenvalue weighted by atomic mass is 9.97. The van der Waals surface area contributed by atoms with Crippen LogP contribution in [-0.2, 0) is 9.59 Å². The summed E-state index contributed by atoms with van der Waals surface area (Å²) in [5, 5.41) is 0. The second kappa shape index (κ2) is 12.8. The highest BCUT2D eigenvalue weighted by Gasteiger charge is 2.12. The van der Waals surface area contributed by atoms with E-state index >= 15 is 0 Å². The second-order valence-electron chi connectivity index (χ2n) is 9.99. The molecule has 0 aliphatic heterocycles. The molecule has 0 amide bonds. The van der Waals surface area contributed by atoms with Gasteiger partial charge in [0.1, 0.15) is 17.2 Å². The molecule has 4 aromatic carbocycles. The van der Waals surface area contributed by atoms with Crippen LogP contribution in [0.1, 0.15) is 27.7 Å². The Bertz CT molecular complexity index is 1620. The van der Waals surface area contributed by atoms with Crippen LogP contribution in [0.15, 0.2) is 127 Å². The molecule has 0 N–H and O–H groups in total. The van der Waals surface area contributed by atoms with Gasteiger partial charge in [0, 0.05) is 16.7 Å². The van der Waals surface area contributed by atoms with E-state index in [-0.39, 0.29) is 0 Å². The average molecular weight is 545 g/mol. The highest BCUT2D eigenvalue weighted by molar-refractivity contribution is 5.89. The lowest BCUT2D eigenvalue weighted by Gasteiger charge is -2.13. The van der Waals surface area contributed by atoms with Gasteiger partial charge in [-0.3, -0.25) is 0 Å². The van der Waals surface area contributed by atoms with E-state index in [1.807, 2.05) is 50.2 Å². The average Bonchev–Trinajstić information content (AvgIpc) is 2.96. The summed E-state index contributed by atoms with van der Waals surface area (Å²) in [6.45, 7) is 14.4. The number of ether oxygens (including phenoxy) is 3. The molecular weight excluding hydrogens is 512 g/mol. The van der Waals surface area contributed by atoms with Crippen molar-refractivity contribution in [1.29, 1.82) is 0 Å². The Balaban J connectivity index is 1.58. The molecule has 0 spiro atoms. The van der Waals surface area contributed by atoms with E-state index in [0.29, 0.717) is 28.4 Å². The molecule has 0 unspecified atom stereocenters. The molecule has 206 valence electrons. The SMILES string of the molecule is C=C(C)C(=O)Oc1ccc(-c2ccc(-c3ccc(-c4ccc(OC(=O)C(=C)C)cc4)c(OC=C(C)C)c3)cc2)cc1. The molecule has 5 heteroatoms. The van der Waals surface area contributed by atoms with Gasteiger partial charge < -0.3 is 14.2 Å². The van der Waals surface area contributed by atoms with Gasteiger partial charge in [-0.25, -0.2) is 9.59 Å². The van der Waals surface area contributed by atoms with Crippen molar-refractivity contribution >= 4 is 11.9 Å². The Morgan fingerprint density at radius 1 is 0.561 bits per heavy atom. The molecule has 41 heavy (non-hydrogen) atoms. The second-order valence-corrected chi connectivity index (χ2v) is 9.99. The van der Waals surface area contributed by atoms with Gasteiger partial charge in [-0.15, -0.1) is 0 Å². The standard InChI is InChI=1S/C36H32O5/c1-23(2)22-39-34-21-30(15-20-33(34)29-13-18-32(19-14-29)41-36(38)25(5)6)28-9-7-26(8-10-28)27-11-16-31(17-12-27)40-35(37)24(3)4/h7-22H,3,5H2,1-2,4,6H3. The first kappa shape index (κ1) is 28.8. The molecule has 5 nitrogen and oxygen atoms in total. The summed E-state index contributed by atoms with van der Waals surface area (Å²) in [6, 6.07) is 29.0. The van der Waals surface area contributed by atoms with Gasteiger partial charge in [-0.1, -0.05) is 73.8 Å². The normalized spacial score (nSPS) is 10.3. The molecule has 0 aliphatic rings. The zero-order valence-corrected chi connectivity index (χ0v) is 23.7. The van der Waals surface area contributed by atoms with Gasteiger partial charge in [0.05, 0.1) is 6.26 Å². The Kier molecular flexibility index (Phi) is 9.00. The maximum absolute atomic E-state index is 11.8. The molecule has 0 atom stereocenters. The van der Waals surface area contributed by atoms with Crippen molar-refractivity contribution in [3.05, 3.63) is 127 Å². The van der Waals surface area contributed by atoms with Crippen molar-refractivity contribution in [2.24, 2.45) is 0 Å². The topological polar surface area (TPSA) is 61.8 Å². The summed E-state index contributed by atoms with van der Waals surface area (Å²) in [7, 11) is 0. The van der Waals surface area contributed by atoms with Crippen LogP contribution in [-0.4, -0.2) is 11.9 Å². The zero-order chi connectivity index (χ0) is 29.5. The number of rotatable bonds is 9. The summed E-state index contributed by atoms with van der Waals surface area (Å²) >= 11 is 0. The maximum Gasteiger partial charge on any atom is 0.338 e. The van der Waals surface area contributed by atoms with Gasteiger partial charge in [0.25, 0.3) is 0 Å². The zero-order valence-electron chi connectivity index (χ0n) is 23.7. The lowest BCUT2D eigenvalue weighted by molar-refractivity contribution is -0.130. The monoisotopic (exact) mass is 544 g/mol. The van der Waals surface area contributed by atoms with Crippen LogP contribution < -0.4 is 14.2 Å². The summed E-state index contributed by atoms with van der Waals surface area (Å²) in [6.07, 6.45) is 1.73. The van der Waals surface area contributed by atoms with E-state index < -0.39 is 11.9 Å². The molecule has 0 heterocycles. The molecule has 4 rings (SSSR count). The fourth-order valence-electron chi connectivity index (χ4n) is 3.88. The third-order valence-corrected chi connectivity index (χ3v) is 6.09. The highest BCUT2D eigenvalue weighted by atomic mass is 16.5. The molecule has 0 aromatic heterocycles. The molecule has 4 aromatic rings. The van der Waals surface area contributed by atoms with Crippen LogP contribution >= 0.6 is 0 Å². The Hall–Kier alpha value is -5.16. The molecular formula is C36H32O5. The Morgan fingerprint density at radius 3 is 1.39 bits per heavy atom. The minimum Gasteiger partial charge on any atom is -0.464 e. The first-order valence-corrected chi connectivity index (χ1v) is 13.1. The van der Waals surface area contributed by atoms with Crippen LogP contribution in [0, 0.1) is 0 Å². The third-order valence-electron chi connectivity index (χ3n) is 6.09. The Morgan fingerprint density at radius 2 is 0.951 bits per heavy atom. The van der Waals surface area contributed by atoms with Gasteiger partial charge in [-0.05, 0) is 91.4 Å². The van der Waals surface area contributed by atoms with Gasteiger partial charge in [-0.2, -0.15) is 0 Å². The largest absolute Gasteiger partial charge is 0.464 e. The quantitative estimate of drug-likeness (QED) is 0.0911. The highest BCUT2D eigenvalue weighted by Crippen LogP contribution is 2.36. The van der Waals surface area contributed by atoms with Crippen molar-refractivity contribution in [2.45, 2.75) is 27.7 Å². The number of carbonyl (C=O) groups is 2. The van der Waals surface area contributed by atoms with E-state index in [9.17, 15) is 9.59 Å². The summed E-state index contributed by atoms with van der Waals surface area (Å²) in [5.74, 6) is 0.737. The molecule has 0 saturated heterocycles. The predicted octanol–water partition coefficient (Wildman–Crippen LogP) is 8.95. The smallest absolute Gasteiger partial charge is 0.338 e. The molecule has 0 fully saturated rings. The van der Waals surface area contributed by atoms with Crippen LogP contribution in [0.5, 0.6) is 17.2 Å². The molecule has 0 bridgehead atoms. The van der Waals surface area contributed by atoms with E-state index in [1.165, 1.54) is 0 Å². The first-order valence-electron chi connectivity index (χ1n) is 13.1. The Labute approximate surface area is 241 Å². The molecule has 0 radical (unpaired) electrons. The van der Waals surface area contributed by atoms with Crippen molar-refractivity contribution in [2.75, 3.05) is 0 Å². The van der Waals surface area contributed by atoms with Crippen LogP contribution in [0.4, 0.5) is 0 Å². The summed E-state index contributed by atoms with van der Waals surface area (Å²) in [4.78, 5) is 23.6. The van der Waals surface area contributed by atoms with E-state index in [1.54, 1.807) is 44.4 Å². The van der Waals surface area contributed by atoms with E-state index in [2.05, 4.69) is 43.5 Å².